The number of hydrogen-bond acceptors (Lipinski definition) is 5. The molecule has 2 atom stereocenters. The van der Waals surface area contributed by atoms with Gasteiger partial charge in [0, 0.05) is 40.7 Å². The quantitative estimate of drug-likeness (QED) is 0.381. The van der Waals surface area contributed by atoms with Gasteiger partial charge >= 0.3 is 6.29 Å². The lowest BCUT2D eigenvalue weighted by molar-refractivity contribution is -0.286. The maximum absolute atomic E-state index is 13.7. The first-order valence-corrected chi connectivity index (χ1v) is 12.0. The van der Waals surface area contributed by atoms with Crippen molar-refractivity contribution in [3.8, 4) is 23.0 Å². The monoisotopic (exact) mass is 513 g/mol. The van der Waals surface area contributed by atoms with Crippen LogP contribution in [0.1, 0.15) is 42.5 Å². The number of ether oxygens (including phenoxy) is 4. The molecule has 36 heavy (non-hydrogen) atoms. The van der Waals surface area contributed by atoms with Crippen LogP contribution in [0, 0.1) is 5.92 Å². The number of fused-ring (bicyclic) bond motifs is 2. The van der Waals surface area contributed by atoms with Crippen LogP contribution in [-0.2, 0) is 4.79 Å². The van der Waals surface area contributed by atoms with E-state index in [-0.39, 0.29) is 29.4 Å². The molecule has 6 nitrogen and oxygen atoms in total. The van der Waals surface area contributed by atoms with Gasteiger partial charge in [0.05, 0.1) is 13.2 Å². The first kappa shape index (κ1) is 22.9. The predicted molar refractivity (Wildman–Crippen MR) is 128 cm³/mol. The molecular formula is C27H22ClF2NO5. The Hall–Kier alpha value is -3.52. The largest absolute Gasteiger partial charge is 0.586 e. The number of carbonyl (C=O) groups is 1. The Kier molecular flexibility index (Phi) is 5.44. The highest BCUT2D eigenvalue weighted by atomic mass is 35.5. The van der Waals surface area contributed by atoms with E-state index in [0.29, 0.717) is 28.6 Å². The summed E-state index contributed by atoms with van der Waals surface area (Å²) in [5.41, 5.74) is 2.16. The highest BCUT2D eigenvalue weighted by Gasteiger charge is 2.45. The molecule has 1 fully saturated rings. The number of amides is 1. The van der Waals surface area contributed by atoms with Crippen molar-refractivity contribution in [1.82, 2.24) is 0 Å². The highest BCUT2D eigenvalue weighted by Crippen LogP contribution is 2.50. The molecule has 1 aliphatic carbocycles. The summed E-state index contributed by atoms with van der Waals surface area (Å²) in [5.74, 6) is 0.849. The second-order valence-electron chi connectivity index (χ2n) is 9.09. The van der Waals surface area contributed by atoms with E-state index >= 15 is 0 Å². The van der Waals surface area contributed by atoms with Crippen LogP contribution < -0.4 is 23.8 Å². The summed E-state index contributed by atoms with van der Waals surface area (Å²) < 4.78 is 48.4. The van der Waals surface area contributed by atoms with Gasteiger partial charge in [-0.2, -0.15) is 0 Å². The van der Waals surface area contributed by atoms with Crippen molar-refractivity contribution in [3.05, 3.63) is 76.8 Å². The van der Waals surface area contributed by atoms with Gasteiger partial charge in [-0.3, -0.25) is 4.79 Å². The van der Waals surface area contributed by atoms with Gasteiger partial charge in [0.1, 0.15) is 17.6 Å². The smallest absolute Gasteiger partial charge is 0.497 e. The molecule has 2 unspecified atom stereocenters. The zero-order valence-electron chi connectivity index (χ0n) is 19.2. The maximum atomic E-state index is 13.7. The molecule has 0 N–H and O–H groups in total. The summed E-state index contributed by atoms with van der Waals surface area (Å²) in [4.78, 5) is 15.4. The Labute approximate surface area is 211 Å². The lowest BCUT2D eigenvalue weighted by atomic mass is 9.91. The van der Waals surface area contributed by atoms with E-state index in [9.17, 15) is 13.6 Å². The van der Waals surface area contributed by atoms with Crippen LogP contribution in [0.3, 0.4) is 0 Å². The van der Waals surface area contributed by atoms with Crippen molar-refractivity contribution in [2.24, 2.45) is 5.92 Å². The van der Waals surface area contributed by atoms with E-state index in [1.165, 1.54) is 12.1 Å². The number of halogens is 3. The van der Waals surface area contributed by atoms with Gasteiger partial charge in [-0.1, -0.05) is 23.7 Å². The summed E-state index contributed by atoms with van der Waals surface area (Å²) in [6, 6.07) is 16.9. The van der Waals surface area contributed by atoms with E-state index in [2.05, 4.69) is 9.47 Å². The Morgan fingerprint density at radius 1 is 1.00 bits per heavy atom. The fourth-order valence-corrected chi connectivity index (χ4v) is 4.88. The molecule has 9 heteroatoms. The second kappa shape index (κ2) is 8.55. The highest BCUT2D eigenvalue weighted by molar-refractivity contribution is 6.30. The number of alkyl halides is 2. The molecule has 0 radical (unpaired) electrons. The zero-order valence-corrected chi connectivity index (χ0v) is 20.0. The van der Waals surface area contributed by atoms with E-state index in [4.69, 9.17) is 21.1 Å². The van der Waals surface area contributed by atoms with Crippen LogP contribution in [0.15, 0.2) is 60.7 Å². The first-order valence-electron chi connectivity index (χ1n) is 11.6. The minimum absolute atomic E-state index is 0.0656. The van der Waals surface area contributed by atoms with Crippen molar-refractivity contribution in [3.63, 3.8) is 0 Å². The molecule has 2 heterocycles. The third-order valence-electron chi connectivity index (χ3n) is 6.67. The summed E-state index contributed by atoms with van der Waals surface area (Å²) in [6.45, 7) is 0. The third-order valence-corrected chi connectivity index (χ3v) is 6.92. The molecule has 2 aliphatic heterocycles. The lowest BCUT2D eigenvalue weighted by Crippen LogP contribution is -2.39. The molecule has 0 saturated heterocycles. The van der Waals surface area contributed by atoms with Gasteiger partial charge in [-0.25, -0.2) is 0 Å². The molecular weight excluding hydrogens is 492 g/mol. The summed E-state index contributed by atoms with van der Waals surface area (Å²) in [6.07, 6.45) is -2.09. The molecule has 1 amide bonds. The minimum atomic E-state index is -3.74. The van der Waals surface area contributed by atoms with Crippen LogP contribution in [0.2, 0.25) is 5.02 Å². The van der Waals surface area contributed by atoms with Gasteiger partial charge in [-0.15, -0.1) is 8.78 Å². The van der Waals surface area contributed by atoms with Crippen LogP contribution >= 0.6 is 11.6 Å². The normalized spacial score (nSPS) is 21.3. The van der Waals surface area contributed by atoms with Crippen molar-refractivity contribution >= 4 is 23.2 Å². The van der Waals surface area contributed by atoms with Crippen LogP contribution in [0.4, 0.5) is 14.5 Å². The van der Waals surface area contributed by atoms with E-state index < -0.39 is 12.3 Å². The fraction of sp³-hybridized carbons (Fsp3) is 0.296. The number of methoxy groups -OCH3 is 1. The van der Waals surface area contributed by atoms with E-state index in [1.54, 1.807) is 36.3 Å². The van der Waals surface area contributed by atoms with E-state index in [0.717, 1.165) is 24.0 Å². The first-order chi connectivity index (χ1) is 17.3. The summed E-state index contributed by atoms with van der Waals surface area (Å²) >= 11 is 6.09. The third kappa shape index (κ3) is 4.19. The molecule has 186 valence electrons. The van der Waals surface area contributed by atoms with Gasteiger partial charge in [0.15, 0.2) is 11.5 Å². The van der Waals surface area contributed by atoms with Crippen molar-refractivity contribution in [1.29, 1.82) is 0 Å². The predicted octanol–water partition coefficient (Wildman–Crippen LogP) is 6.68. The molecule has 0 bridgehead atoms. The Balaban J connectivity index is 1.45. The standard InChI is InChI=1S/C27H22ClF2NO5/c1-33-19-9-10-20-21(14-23(34-24(20)13-19)15-4-6-17(28)7-5-15)31(26(32)16-2-3-16)18-8-11-22-25(12-18)36-27(29,30)35-22/h4-13,16,21,23H,2-3,14H2,1H3. The number of hydrogen-bond donors (Lipinski definition) is 0. The van der Waals surface area contributed by atoms with E-state index in [1.807, 2.05) is 24.3 Å². The average Bonchev–Trinajstić information content (AvgIpc) is 3.66. The Morgan fingerprint density at radius 2 is 1.75 bits per heavy atom. The van der Waals surface area contributed by atoms with Crippen molar-refractivity contribution < 1.29 is 32.5 Å². The number of carbonyl (C=O) groups excluding carboxylic acids is 1. The Morgan fingerprint density at radius 3 is 2.47 bits per heavy atom. The van der Waals surface area contributed by atoms with Gasteiger partial charge in [0.25, 0.3) is 0 Å². The van der Waals surface area contributed by atoms with Crippen LogP contribution in [0.25, 0.3) is 0 Å². The van der Waals surface area contributed by atoms with Crippen LogP contribution in [-0.4, -0.2) is 19.3 Å². The number of rotatable bonds is 5. The van der Waals surface area contributed by atoms with Gasteiger partial charge < -0.3 is 23.8 Å². The molecule has 0 spiro atoms. The second-order valence-corrected chi connectivity index (χ2v) is 9.53. The molecule has 1 saturated carbocycles. The Bertz CT molecular complexity index is 1330. The molecule has 0 aromatic heterocycles. The number of anilines is 1. The van der Waals surface area contributed by atoms with Crippen LogP contribution in [0.5, 0.6) is 23.0 Å². The maximum Gasteiger partial charge on any atom is 0.586 e. The minimum Gasteiger partial charge on any atom is -0.497 e. The summed E-state index contributed by atoms with van der Waals surface area (Å²) in [7, 11) is 1.57. The molecule has 3 aliphatic rings. The molecule has 3 aromatic rings. The topological polar surface area (TPSA) is 57.2 Å². The number of benzene rings is 3. The van der Waals surface area contributed by atoms with Gasteiger partial charge in [-0.05, 0) is 54.8 Å². The average molecular weight is 514 g/mol. The van der Waals surface area contributed by atoms with Crippen molar-refractivity contribution in [2.75, 3.05) is 12.0 Å². The van der Waals surface area contributed by atoms with Crippen molar-refractivity contribution in [2.45, 2.75) is 37.7 Å². The fourth-order valence-electron chi connectivity index (χ4n) is 4.75. The van der Waals surface area contributed by atoms with Gasteiger partial charge in [0.2, 0.25) is 5.91 Å². The zero-order chi connectivity index (χ0) is 25.0. The summed E-state index contributed by atoms with van der Waals surface area (Å²) in [5, 5.41) is 0.607. The lowest BCUT2D eigenvalue weighted by Gasteiger charge is -2.39. The molecule has 3 aromatic carbocycles. The molecule has 6 rings (SSSR count). The number of nitrogens with zero attached hydrogens (tertiary/aromatic N) is 1. The SMILES string of the molecule is COc1ccc2c(c1)OC(c1ccc(Cl)cc1)CC2N(C(=O)C1CC1)c1ccc2c(c1)OC(F)(F)O2.